The number of aliphatic hydroxyl groups is 1. The minimum absolute atomic E-state index is 0.179. The summed E-state index contributed by atoms with van der Waals surface area (Å²) >= 11 is 5.98. The van der Waals surface area contributed by atoms with Gasteiger partial charge in [-0.25, -0.2) is 4.52 Å². The second-order valence-electron chi connectivity index (χ2n) is 7.62. The monoisotopic (exact) mass is 436 g/mol. The molecule has 0 aliphatic carbocycles. The predicted octanol–water partition coefficient (Wildman–Crippen LogP) is 3.39. The lowest BCUT2D eigenvalue weighted by molar-refractivity contribution is 0.198. The molecule has 31 heavy (non-hydrogen) atoms. The Labute approximate surface area is 183 Å². The van der Waals surface area contributed by atoms with E-state index < -0.39 is 0 Å². The molecule has 0 unspecified atom stereocenters. The number of halogens is 1. The topological polar surface area (TPSA) is 72.0 Å². The second-order valence-corrected chi connectivity index (χ2v) is 8.05. The average molecular weight is 437 g/mol. The van der Waals surface area contributed by atoms with Gasteiger partial charge in [0.15, 0.2) is 0 Å². The minimum Gasteiger partial charge on any atom is -0.495 e. The number of fused-ring (bicyclic) bond motifs is 1. The lowest BCUT2D eigenvalue weighted by Crippen LogP contribution is -2.23. The van der Waals surface area contributed by atoms with Gasteiger partial charge in [0.2, 0.25) is 0 Å². The number of benzene rings is 2. The zero-order valence-corrected chi connectivity index (χ0v) is 17.7. The van der Waals surface area contributed by atoms with Gasteiger partial charge in [-0.05, 0) is 42.3 Å². The summed E-state index contributed by atoms with van der Waals surface area (Å²) < 4.78 is 8.67. The standard InChI is InChI=1S/C23H21ClN4O3/c1-31-22-11-18(6-7-20(22)26-9-8-19(29)13-26)27-14-25-28-12-16(10-21(28)23(27)30)15-2-4-17(24)5-3-15/h2-7,10-12,14,19,29H,8-9,13H2,1H3/t19-/m1/s1. The van der Waals surface area contributed by atoms with Crippen LogP contribution in [0.15, 0.2) is 65.8 Å². The molecule has 1 fully saturated rings. The van der Waals surface area contributed by atoms with E-state index in [9.17, 15) is 9.90 Å². The van der Waals surface area contributed by atoms with Crippen molar-refractivity contribution in [3.63, 3.8) is 0 Å². The largest absolute Gasteiger partial charge is 0.495 e. The van der Waals surface area contributed by atoms with Crippen LogP contribution in [-0.2, 0) is 0 Å². The number of aromatic nitrogens is 3. The van der Waals surface area contributed by atoms with Crippen molar-refractivity contribution in [1.82, 2.24) is 14.2 Å². The van der Waals surface area contributed by atoms with Crippen molar-refractivity contribution in [3.8, 4) is 22.6 Å². The Morgan fingerprint density at radius 3 is 2.65 bits per heavy atom. The highest BCUT2D eigenvalue weighted by Crippen LogP contribution is 2.32. The van der Waals surface area contributed by atoms with Gasteiger partial charge in [-0.1, -0.05) is 23.7 Å². The van der Waals surface area contributed by atoms with Crippen molar-refractivity contribution in [2.24, 2.45) is 0 Å². The molecular formula is C23H21ClN4O3. The fraction of sp³-hybridized carbons (Fsp3) is 0.217. The highest BCUT2D eigenvalue weighted by atomic mass is 35.5. The molecule has 0 bridgehead atoms. The molecule has 0 amide bonds. The molecule has 0 saturated carbocycles. The van der Waals surface area contributed by atoms with E-state index in [0.717, 1.165) is 29.8 Å². The van der Waals surface area contributed by atoms with Gasteiger partial charge >= 0.3 is 0 Å². The van der Waals surface area contributed by atoms with E-state index in [4.69, 9.17) is 16.3 Å². The fourth-order valence-electron chi connectivity index (χ4n) is 4.01. The van der Waals surface area contributed by atoms with E-state index in [0.29, 0.717) is 28.5 Å². The first-order chi connectivity index (χ1) is 15.0. The maximum Gasteiger partial charge on any atom is 0.282 e. The Bertz CT molecular complexity index is 1310. The lowest BCUT2D eigenvalue weighted by atomic mass is 10.1. The normalized spacial score (nSPS) is 16.2. The molecule has 1 saturated heterocycles. The van der Waals surface area contributed by atoms with E-state index in [1.165, 1.54) is 10.9 Å². The molecule has 1 atom stereocenters. The summed E-state index contributed by atoms with van der Waals surface area (Å²) in [4.78, 5) is 15.3. The van der Waals surface area contributed by atoms with Gasteiger partial charge in [-0.2, -0.15) is 5.10 Å². The van der Waals surface area contributed by atoms with Crippen LogP contribution in [0.1, 0.15) is 6.42 Å². The molecule has 5 rings (SSSR count). The summed E-state index contributed by atoms with van der Waals surface area (Å²) in [6, 6.07) is 14.9. The van der Waals surface area contributed by atoms with Crippen LogP contribution in [0.4, 0.5) is 5.69 Å². The van der Waals surface area contributed by atoms with Crippen molar-refractivity contribution in [2.75, 3.05) is 25.1 Å². The zero-order chi connectivity index (χ0) is 21.5. The first-order valence-corrected chi connectivity index (χ1v) is 10.4. The Hall–Kier alpha value is -3.29. The summed E-state index contributed by atoms with van der Waals surface area (Å²) in [7, 11) is 1.60. The summed E-state index contributed by atoms with van der Waals surface area (Å²) in [5.41, 5.74) is 3.70. The summed E-state index contributed by atoms with van der Waals surface area (Å²) in [5, 5.41) is 14.9. The quantitative estimate of drug-likeness (QED) is 0.531. The molecule has 0 spiro atoms. The van der Waals surface area contributed by atoms with Gasteiger partial charge in [0.25, 0.3) is 5.56 Å². The maximum atomic E-state index is 13.2. The Morgan fingerprint density at radius 2 is 1.94 bits per heavy atom. The fourth-order valence-corrected chi connectivity index (χ4v) is 4.14. The smallest absolute Gasteiger partial charge is 0.282 e. The van der Waals surface area contributed by atoms with E-state index in [1.807, 2.05) is 54.7 Å². The van der Waals surface area contributed by atoms with E-state index in [1.54, 1.807) is 11.6 Å². The van der Waals surface area contributed by atoms with Gasteiger partial charge < -0.3 is 14.7 Å². The highest BCUT2D eigenvalue weighted by Gasteiger charge is 2.23. The number of anilines is 1. The van der Waals surface area contributed by atoms with Crippen LogP contribution in [0.3, 0.4) is 0 Å². The summed E-state index contributed by atoms with van der Waals surface area (Å²) in [6.07, 6.45) is 3.74. The molecule has 158 valence electrons. The third kappa shape index (κ3) is 3.56. The van der Waals surface area contributed by atoms with Crippen LogP contribution in [0.5, 0.6) is 5.75 Å². The van der Waals surface area contributed by atoms with Crippen LogP contribution in [0.2, 0.25) is 5.02 Å². The van der Waals surface area contributed by atoms with E-state index >= 15 is 0 Å². The van der Waals surface area contributed by atoms with Crippen molar-refractivity contribution < 1.29 is 9.84 Å². The number of ether oxygens (including phenoxy) is 1. The van der Waals surface area contributed by atoms with Crippen molar-refractivity contribution >= 4 is 22.8 Å². The molecule has 1 aliphatic heterocycles. The second kappa shape index (κ2) is 7.76. The molecule has 4 aromatic rings. The third-order valence-electron chi connectivity index (χ3n) is 5.65. The summed E-state index contributed by atoms with van der Waals surface area (Å²) in [5.74, 6) is 0.649. The summed E-state index contributed by atoms with van der Waals surface area (Å²) in [6.45, 7) is 1.34. The molecular weight excluding hydrogens is 416 g/mol. The Kier molecular flexibility index (Phi) is 4.92. The van der Waals surface area contributed by atoms with Crippen LogP contribution in [0.25, 0.3) is 22.3 Å². The number of nitrogens with zero attached hydrogens (tertiary/aromatic N) is 4. The van der Waals surface area contributed by atoms with Gasteiger partial charge in [-0.3, -0.25) is 9.36 Å². The molecule has 1 N–H and O–H groups in total. The van der Waals surface area contributed by atoms with Gasteiger partial charge in [0.1, 0.15) is 17.6 Å². The van der Waals surface area contributed by atoms with E-state index in [2.05, 4.69) is 10.00 Å². The first kappa shape index (κ1) is 19.7. The number of rotatable bonds is 4. The predicted molar refractivity (Wildman–Crippen MR) is 121 cm³/mol. The SMILES string of the molecule is COc1cc(-n2cnn3cc(-c4ccc(Cl)cc4)cc3c2=O)ccc1N1CC[C@@H](O)C1. The molecule has 8 heteroatoms. The zero-order valence-electron chi connectivity index (χ0n) is 16.9. The van der Waals surface area contributed by atoms with Gasteiger partial charge in [-0.15, -0.1) is 0 Å². The first-order valence-electron chi connectivity index (χ1n) is 10.0. The maximum absolute atomic E-state index is 13.2. The molecule has 1 aliphatic rings. The van der Waals surface area contributed by atoms with Crippen LogP contribution in [0, 0.1) is 0 Å². The minimum atomic E-state index is -0.331. The Balaban J connectivity index is 1.55. The number of aliphatic hydroxyl groups excluding tert-OH is 1. The number of methoxy groups -OCH3 is 1. The molecule has 3 heterocycles. The number of β-amino-alcohol motifs (C(OH)–C–C–N with tert-alkyl or cyclic N) is 1. The van der Waals surface area contributed by atoms with Crippen LogP contribution >= 0.6 is 11.6 Å². The number of hydrogen-bond acceptors (Lipinski definition) is 5. The molecule has 0 radical (unpaired) electrons. The van der Waals surface area contributed by atoms with Crippen molar-refractivity contribution in [3.05, 3.63) is 76.4 Å². The van der Waals surface area contributed by atoms with Gasteiger partial charge in [0.05, 0.1) is 24.6 Å². The average Bonchev–Trinajstić information content (AvgIpc) is 3.41. The Morgan fingerprint density at radius 1 is 1.13 bits per heavy atom. The highest BCUT2D eigenvalue weighted by molar-refractivity contribution is 6.30. The van der Waals surface area contributed by atoms with E-state index in [-0.39, 0.29) is 11.7 Å². The molecule has 7 nitrogen and oxygen atoms in total. The number of hydrogen-bond donors (Lipinski definition) is 1. The molecule has 2 aromatic carbocycles. The van der Waals surface area contributed by atoms with Crippen LogP contribution < -0.4 is 15.2 Å². The van der Waals surface area contributed by atoms with Crippen molar-refractivity contribution in [1.29, 1.82) is 0 Å². The lowest BCUT2D eigenvalue weighted by Gasteiger charge is -2.21. The van der Waals surface area contributed by atoms with Gasteiger partial charge in [0, 0.05) is 35.9 Å². The van der Waals surface area contributed by atoms with Crippen molar-refractivity contribution in [2.45, 2.75) is 12.5 Å². The third-order valence-corrected chi connectivity index (χ3v) is 5.90. The molecule has 2 aromatic heterocycles. The van der Waals surface area contributed by atoms with Crippen LogP contribution in [-0.4, -0.2) is 45.6 Å².